The van der Waals surface area contributed by atoms with Crippen molar-refractivity contribution >= 4 is 11.5 Å². The van der Waals surface area contributed by atoms with Gasteiger partial charge in [0.05, 0.1) is 0 Å². The van der Waals surface area contributed by atoms with E-state index in [0.717, 1.165) is 24.6 Å². The molecule has 2 fully saturated rings. The molecule has 0 N–H and O–H groups in total. The summed E-state index contributed by atoms with van der Waals surface area (Å²) >= 11 is 0. The Morgan fingerprint density at radius 1 is 1.10 bits per heavy atom. The van der Waals surface area contributed by atoms with Gasteiger partial charge in [0.15, 0.2) is 5.65 Å². The highest BCUT2D eigenvalue weighted by Gasteiger charge is 2.33. The number of aromatic nitrogens is 3. The molecule has 106 valence electrons. The number of rotatable bonds is 2. The number of fused-ring (bicyclic) bond motifs is 1. The zero-order chi connectivity index (χ0) is 13.5. The van der Waals surface area contributed by atoms with Gasteiger partial charge in [0.2, 0.25) is 0 Å². The maximum Gasteiger partial charge on any atom is 0.153 e. The van der Waals surface area contributed by atoms with Crippen LogP contribution in [0.3, 0.4) is 0 Å². The fourth-order valence-corrected chi connectivity index (χ4v) is 3.03. The molecule has 0 unspecified atom stereocenters. The molecule has 2 aliphatic heterocycles. The molecule has 0 spiro atoms. The van der Waals surface area contributed by atoms with E-state index in [0.29, 0.717) is 6.04 Å². The zero-order valence-corrected chi connectivity index (χ0v) is 11.8. The van der Waals surface area contributed by atoms with Gasteiger partial charge in [-0.25, -0.2) is 9.50 Å². The largest absolute Gasteiger partial charge is 0.352 e. The van der Waals surface area contributed by atoms with Gasteiger partial charge in [-0.1, -0.05) is 0 Å². The minimum Gasteiger partial charge on any atom is -0.352 e. The molecule has 2 saturated heterocycles. The fourth-order valence-electron chi connectivity index (χ4n) is 3.03. The molecule has 4 rings (SSSR count). The van der Waals surface area contributed by atoms with Crippen LogP contribution in [0, 0.1) is 0 Å². The highest BCUT2D eigenvalue weighted by molar-refractivity contribution is 5.47. The smallest absolute Gasteiger partial charge is 0.153 e. The Morgan fingerprint density at radius 3 is 2.70 bits per heavy atom. The lowest BCUT2D eigenvalue weighted by Crippen LogP contribution is -2.63. The zero-order valence-electron chi connectivity index (χ0n) is 11.8. The first kappa shape index (κ1) is 12.1. The molecule has 0 radical (unpaired) electrons. The van der Waals surface area contributed by atoms with Gasteiger partial charge in [0.25, 0.3) is 0 Å². The Bertz CT molecular complexity index is 594. The van der Waals surface area contributed by atoms with E-state index in [1.54, 1.807) is 6.20 Å². The van der Waals surface area contributed by atoms with Crippen molar-refractivity contribution < 1.29 is 0 Å². The SMILES string of the molecule is CN1CCN(C2CN(c3ccc4nccn4n3)C2)CC1. The van der Waals surface area contributed by atoms with Crippen LogP contribution in [0.1, 0.15) is 0 Å². The van der Waals surface area contributed by atoms with Crippen molar-refractivity contribution in [2.75, 3.05) is 51.2 Å². The molecule has 0 bridgehead atoms. The molecule has 0 saturated carbocycles. The maximum absolute atomic E-state index is 4.60. The van der Waals surface area contributed by atoms with Crippen LogP contribution < -0.4 is 4.90 Å². The highest BCUT2D eigenvalue weighted by Crippen LogP contribution is 2.22. The van der Waals surface area contributed by atoms with Crippen LogP contribution in [-0.2, 0) is 0 Å². The number of nitrogens with zero attached hydrogens (tertiary/aromatic N) is 6. The Labute approximate surface area is 118 Å². The van der Waals surface area contributed by atoms with Crippen molar-refractivity contribution in [3.63, 3.8) is 0 Å². The molecule has 2 aromatic rings. The third-order valence-corrected chi connectivity index (χ3v) is 4.48. The summed E-state index contributed by atoms with van der Waals surface area (Å²) < 4.78 is 1.85. The molecular formula is C14H20N6. The quantitative estimate of drug-likeness (QED) is 0.779. The molecule has 20 heavy (non-hydrogen) atoms. The Hall–Kier alpha value is -1.66. The second kappa shape index (κ2) is 4.71. The topological polar surface area (TPSA) is 39.9 Å². The lowest BCUT2D eigenvalue weighted by atomic mass is 10.1. The van der Waals surface area contributed by atoms with E-state index in [1.807, 2.05) is 16.8 Å². The summed E-state index contributed by atoms with van der Waals surface area (Å²) in [6, 6.07) is 4.80. The normalized spacial score (nSPS) is 22.4. The highest BCUT2D eigenvalue weighted by atomic mass is 15.4. The predicted molar refractivity (Wildman–Crippen MR) is 78.1 cm³/mol. The Kier molecular flexibility index (Phi) is 2.85. The summed E-state index contributed by atoms with van der Waals surface area (Å²) in [6.07, 6.45) is 3.69. The van der Waals surface area contributed by atoms with E-state index < -0.39 is 0 Å². The van der Waals surface area contributed by atoms with E-state index in [9.17, 15) is 0 Å². The van der Waals surface area contributed by atoms with Crippen molar-refractivity contribution in [3.8, 4) is 0 Å². The van der Waals surface area contributed by atoms with Crippen LogP contribution in [0.5, 0.6) is 0 Å². The molecule has 2 aromatic heterocycles. The summed E-state index contributed by atoms with van der Waals surface area (Å²) in [7, 11) is 2.20. The van der Waals surface area contributed by atoms with Gasteiger partial charge in [-0.05, 0) is 19.2 Å². The second-order valence-corrected chi connectivity index (χ2v) is 5.82. The lowest BCUT2D eigenvalue weighted by Gasteiger charge is -2.48. The molecule has 6 heteroatoms. The number of likely N-dealkylation sites (N-methyl/N-ethyl adjacent to an activating group) is 1. The van der Waals surface area contributed by atoms with Crippen molar-refractivity contribution in [2.24, 2.45) is 0 Å². The van der Waals surface area contributed by atoms with Gasteiger partial charge in [-0.15, -0.1) is 5.10 Å². The van der Waals surface area contributed by atoms with Crippen LogP contribution >= 0.6 is 0 Å². The van der Waals surface area contributed by atoms with E-state index in [2.05, 4.69) is 37.9 Å². The minimum absolute atomic E-state index is 0.698. The second-order valence-electron chi connectivity index (χ2n) is 5.82. The van der Waals surface area contributed by atoms with Gasteiger partial charge >= 0.3 is 0 Å². The number of hydrogen-bond donors (Lipinski definition) is 0. The van der Waals surface area contributed by atoms with Gasteiger partial charge in [0.1, 0.15) is 5.82 Å². The monoisotopic (exact) mass is 272 g/mol. The standard InChI is InChI=1S/C14H20N6/c1-17-6-8-18(9-7-17)12-10-19(11-12)14-3-2-13-15-4-5-20(13)16-14/h2-5,12H,6-11H2,1H3. The van der Waals surface area contributed by atoms with E-state index >= 15 is 0 Å². The average molecular weight is 272 g/mol. The van der Waals surface area contributed by atoms with Crippen LogP contribution in [0.4, 0.5) is 5.82 Å². The van der Waals surface area contributed by atoms with E-state index in [4.69, 9.17) is 0 Å². The minimum atomic E-state index is 0.698. The molecule has 0 aromatic carbocycles. The predicted octanol–water partition coefficient (Wildman–Crippen LogP) is 0.165. The van der Waals surface area contributed by atoms with Gasteiger partial charge in [-0.2, -0.15) is 0 Å². The molecule has 0 atom stereocenters. The van der Waals surface area contributed by atoms with Crippen molar-refractivity contribution in [2.45, 2.75) is 6.04 Å². The van der Waals surface area contributed by atoms with Gasteiger partial charge in [0, 0.05) is 57.7 Å². The molecule has 0 aliphatic carbocycles. The van der Waals surface area contributed by atoms with E-state index in [1.165, 1.54) is 26.2 Å². The molecule has 6 nitrogen and oxygen atoms in total. The lowest BCUT2D eigenvalue weighted by molar-refractivity contribution is 0.0960. The third-order valence-electron chi connectivity index (χ3n) is 4.48. The summed E-state index contributed by atoms with van der Waals surface area (Å²) in [5, 5.41) is 4.60. The molecule has 0 amide bonds. The van der Waals surface area contributed by atoms with Crippen molar-refractivity contribution in [1.82, 2.24) is 24.4 Å². The molecular weight excluding hydrogens is 252 g/mol. The first-order valence-corrected chi connectivity index (χ1v) is 7.27. The molecule has 4 heterocycles. The van der Waals surface area contributed by atoms with E-state index in [-0.39, 0.29) is 0 Å². The fraction of sp³-hybridized carbons (Fsp3) is 0.571. The average Bonchev–Trinajstić information content (AvgIpc) is 2.87. The maximum atomic E-state index is 4.60. The van der Waals surface area contributed by atoms with Crippen LogP contribution in [0.25, 0.3) is 5.65 Å². The Morgan fingerprint density at radius 2 is 1.90 bits per heavy atom. The summed E-state index contributed by atoms with van der Waals surface area (Å²) in [4.78, 5) is 11.6. The van der Waals surface area contributed by atoms with Gasteiger partial charge in [-0.3, -0.25) is 4.90 Å². The Balaban J connectivity index is 1.40. The summed E-state index contributed by atoms with van der Waals surface area (Å²) in [5.41, 5.74) is 0.907. The van der Waals surface area contributed by atoms with Gasteiger partial charge < -0.3 is 9.80 Å². The first-order chi connectivity index (χ1) is 9.79. The first-order valence-electron chi connectivity index (χ1n) is 7.27. The van der Waals surface area contributed by atoms with Crippen LogP contribution in [0.2, 0.25) is 0 Å². The number of imidazole rings is 1. The van der Waals surface area contributed by atoms with Crippen molar-refractivity contribution in [1.29, 1.82) is 0 Å². The molecule has 2 aliphatic rings. The number of piperazine rings is 1. The third kappa shape index (κ3) is 2.05. The number of hydrogen-bond acceptors (Lipinski definition) is 5. The number of anilines is 1. The van der Waals surface area contributed by atoms with Crippen molar-refractivity contribution in [3.05, 3.63) is 24.5 Å². The van der Waals surface area contributed by atoms with Crippen LogP contribution in [-0.4, -0.2) is 76.8 Å². The summed E-state index contributed by atoms with van der Waals surface area (Å²) in [5.74, 6) is 1.06. The summed E-state index contributed by atoms with van der Waals surface area (Å²) in [6.45, 7) is 6.96. The van der Waals surface area contributed by atoms with Crippen LogP contribution in [0.15, 0.2) is 24.5 Å².